The van der Waals surface area contributed by atoms with Crippen molar-refractivity contribution in [2.45, 2.75) is 184 Å². The van der Waals surface area contributed by atoms with E-state index < -0.39 is 260 Å². The summed E-state index contributed by atoms with van der Waals surface area (Å²) in [5.41, 5.74) is -0.0394. The molecule has 0 amide bonds. The molecule has 12 N–H and O–H groups in total. The lowest BCUT2D eigenvalue weighted by Crippen LogP contribution is -2.69. The van der Waals surface area contributed by atoms with Crippen molar-refractivity contribution < 1.29 is 175 Å². The van der Waals surface area contributed by atoms with Crippen LogP contribution in [0.3, 0.4) is 0 Å². The van der Waals surface area contributed by atoms with Gasteiger partial charge in [-0.25, -0.2) is 28.8 Å². The van der Waals surface area contributed by atoms with Gasteiger partial charge in [-0.3, -0.25) is 0 Å². The molecule has 612 valence electrons. The quantitative estimate of drug-likeness (QED) is 0.0331. The van der Waals surface area contributed by atoms with Gasteiger partial charge in [0.1, 0.15) is 186 Å². The molecule has 22 fully saturated rings. The van der Waals surface area contributed by atoms with Gasteiger partial charge in [0.2, 0.25) is 0 Å². The number of carbonyl (C=O) groups is 6. The van der Waals surface area contributed by atoms with Crippen LogP contribution in [0, 0.1) is 0 Å². The normalized spacial score (nSPS) is 36.4. The van der Waals surface area contributed by atoms with E-state index >= 15 is 0 Å². The molecular weight excluding hydrogens is 1510 g/mol. The summed E-state index contributed by atoms with van der Waals surface area (Å²) in [4.78, 5) is 82.3. The van der Waals surface area contributed by atoms with Crippen LogP contribution in [0.25, 0.3) is 0 Å². The summed E-state index contributed by atoms with van der Waals surface area (Å²) in [6.07, 6.45) is -65.7. The lowest BCUT2D eigenvalue weighted by atomic mass is 9.94. The van der Waals surface area contributed by atoms with E-state index in [4.69, 9.17) is 85.3 Å². The van der Waals surface area contributed by atoms with E-state index in [1.807, 2.05) is 0 Å². The third-order valence-corrected chi connectivity index (χ3v) is 19.9. The Morgan fingerprint density at radius 3 is 0.439 bits per heavy atom. The number of hydrogen-bond donors (Lipinski definition) is 12. The van der Waals surface area contributed by atoms with E-state index in [0.29, 0.717) is 0 Å². The van der Waals surface area contributed by atoms with Gasteiger partial charge >= 0.3 is 35.8 Å². The van der Waals surface area contributed by atoms with E-state index in [0.717, 1.165) is 0 Å². The zero-order valence-electron chi connectivity index (χ0n) is 60.0. The molecule has 22 heterocycles. The van der Waals surface area contributed by atoms with Gasteiger partial charge in [-0.1, -0.05) is 109 Å². The Hall–Kier alpha value is -8.82. The molecule has 6 aromatic carbocycles. The fourth-order valence-electron chi connectivity index (χ4n) is 13.7. The monoisotopic (exact) mass is 1600 g/mol. The first-order chi connectivity index (χ1) is 55.0. The number of aliphatic hydroxyl groups excluding tert-OH is 12. The van der Waals surface area contributed by atoms with Gasteiger partial charge in [0.05, 0.1) is 33.4 Å². The SMILES string of the molecule is O=C(OCC1OC2OC3C(COC(=O)c4ccccc4)OC(OC4C(COC(=O)c5ccccc5)OC(OC5C(COC(=O)c6ccccc6)OC(OC6C(COC(=O)c7ccccc7)OC(OC7C(COC(=O)c8ccccc8)OC(OC1C(O)C2O)C(O)C7O)C(O)C6O)C(O)C5O)C(O)C4O)C(O)C3O)c1ccccc1. The largest absolute Gasteiger partial charge is 0.459 e. The Labute approximate surface area is 648 Å². The van der Waals surface area contributed by atoms with Crippen LogP contribution in [0.4, 0.5) is 0 Å². The standard InChI is InChI=1S/C78H84O36/c79-49-55(85)73-103-43(31-97-67(91)37-19-7-1-8-20-37)61(49)109-74-56(86)50(80)63(45(104-74)33-99-69(93)39-23-11-3-12-24-39)111-76-58(88)52(82)65(47(106-76)35-101-71(95)41-27-15-5-16-28-41)113-78-60(90)54(84)66(48(108-78)36-102-72(96)42-29-17-6-18-30-42)114-77-59(89)53(83)64(46(107-77)34-100-70(94)40-25-13-4-14-26-40)112-75-57(87)51(81)62(110-73)44(105-75)32-98-68(92)38-21-9-2-10-22-38/h1-30,43-66,73-90H,31-36H2. The first-order valence-electron chi connectivity index (χ1n) is 36.4. The molecule has 30 atom stereocenters. The number of ether oxygens (including phenoxy) is 18. The second-order valence-electron chi connectivity index (χ2n) is 27.5. The van der Waals surface area contributed by atoms with Crippen molar-refractivity contribution in [1.29, 1.82) is 0 Å². The minimum atomic E-state index is -2.38. The fraction of sp³-hybridized carbons (Fsp3) is 0.462. The molecule has 12 bridgehead atoms. The fourth-order valence-corrected chi connectivity index (χ4v) is 13.7. The van der Waals surface area contributed by atoms with Crippen molar-refractivity contribution in [3.05, 3.63) is 215 Å². The Balaban J connectivity index is 0.886. The molecule has 28 rings (SSSR count). The van der Waals surface area contributed by atoms with Gasteiger partial charge in [-0.2, -0.15) is 0 Å². The van der Waals surface area contributed by atoms with Gasteiger partial charge in [-0.15, -0.1) is 0 Å². The second-order valence-corrected chi connectivity index (χ2v) is 27.5. The summed E-state index contributed by atoms with van der Waals surface area (Å²) in [5.74, 6) is -5.96. The average molecular weight is 1600 g/mol. The number of benzene rings is 6. The number of aliphatic hydroxyl groups is 12. The summed E-state index contributed by atoms with van der Waals surface area (Å²) in [7, 11) is 0. The zero-order chi connectivity index (χ0) is 80.4. The molecule has 22 saturated heterocycles. The maximum absolute atomic E-state index is 13.7. The van der Waals surface area contributed by atoms with Crippen molar-refractivity contribution in [1.82, 2.24) is 0 Å². The molecule has 0 aromatic heterocycles. The Morgan fingerprint density at radius 2 is 0.316 bits per heavy atom. The predicted octanol–water partition coefficient (Wildman–Crippen LogP) is -1.87. The van der Waals surface area contributed by atoms with E-state index in [9.17, 15) is 90.0 Å². The van der Waals surface area contributed by atoms with E-state index in [2.05, 4.69) is 0 Å². The molecule has 36 nitrogen and oxygen atoms in total. The molecule has 0 aliphatic carbocycles. The van der Waals surface area contributed by atoms with Crippen LogP contribution in [0.5, 0.6) is 0 Å². The summed E-state index contributed by atoms with van der Waals surface area (Å²) in [6.45, 7) is -5.63. The van der Waals surface area contributed by atoms with Crippen LogP contribution in [0.2, 0.25) is 0 Å². The van der Waals surface area contributed by atoms with Crippen molar-refractivity contribution in [3.63, 3.8) is 0 Å². The molecule has 36 heteroatoms. The van der Waals surface area contributed by atoms with Gasteiger partial charge < -0.3 is 147 Å². The van der Waals surface area contributed by atoms with Crippen molar-refractivity contribution in [2.75, 3.05) is 39.6 Å². The smallest absolute Gasteiger partial charge is 0.338 e. The minimum Gasteiger partial charge on any atom is -0.459 e. The highest BCUT2D eigenvalue weighted by atomic mass is 16.8. The van der Waals surface area contributed by atoms with E-state index in [1.54, 1.807) is 36.4 Å². The van der Waals surface area contributed by atoms with Crippen molar-refractivity contribution in [3.8, 4) is 0 Å². The summed E-state index contributed by atoms with van der Waals surface area (Å²) >= 11 is 0. The molecule has 6 aromatic rings. The molecule has 0 radical (unpaired) electrons. The van der Waals surface area contributed by atoms with Crippen LogP contribution in [0.15, 0.2) is 182 Å². The Bertz CT molecular complexity index is 3450. The Morgan fingerprint density at radius 1 is 0.193 bits per heavy atom. The number of rotatable bonds is 18. The molecule has 22 aliphatic heterocycles. The predicted molar refractivity (Wildman–Crippen MR) is 374 cm³/mol. The summed E-state index contributed by atoms with van der Waals surface area (Å²) in [6, 6.07) is 44.4. The van der Waals surface area contributed by atoms with E-state index in [1.165, 1.54) is 146 Å². The Kier molecular flexibility index (Phi) is 27.6. The third-order valence-electron chi connectivity index (χ3n) is 19.9. The van der Waals surface area contributed by atoms with Gasteiger partial charge in [0.25, 0.3) is 0 Å². The molecular formula is C78H84O36. The number of hydrogen-bond acceptors (Lipinski definition) is 36. The maximum atomic E-state index is 13.7. The summed E-state index contributed by atoms with van der Waals surface area (Å²) in [5, 5.41) is 148. The van der Waals surface area contributed by atoms with E-state index in [-0.39, 0.29) is 33.4 Å². The average Bonchev–Trinajstić information content (AvgIpc) is 0.764. The lowest BCUT2D eigenvalue weighted by Gasteiger charge is -2.51. The molecule has 114 heavy (non-hydrogen) atoms. The van der Waals surface area contributed by atoms with Crippen LogP contribution in [-0.2, 0) is 85.3 Å². The van der Waals surface area contributed by atoms with Crippen molar-refractivity contribution >= 4 is 35.8 Å². The highest BCUT2D eigenvalue weighted by molar-refractivity contribution is 5.91. The van der Waals surface area contributed by atoms with Crippen LogP contribution in [0.1, 0.15) is 62.1 Å². The first kappa shape index (κ1) is 83.1. The van der Waals surface area contributed by atoms with Crippen LogP contribution in [-0.4, -0.2) is 321 Å². The molecule has 22 aliphatic rings. The number of esters is 6. The molecule has 30 unspecified atom stereocenters. The first-order valence-corrected chi connectivity index (χ1v) is 36.4. The molecule has 0 saturated carbocycles. The van der Waals surface area contributed by atoms with Gasteiger partial charge in [-0.05, 0) is 72.8 Å². The van der Waals surface area contributed by atoms with Crippen LogP contribution < -0.4 is 0 Å². The third kappa shape index (κ3) is 19.2. The van der Waals surface area contributed by atoms with Gasteiger partial charge in [0, 0.05) is 0 Å². The summed E-state index contributed by atoms with van der Waals surface area (Å²) < 4.78 is 109. The van der Waals surface area contributed by atoms with Crippen molar-refractivity contribution in [2.24, 2.45) is 0 Å². The maximum Gasteiger partial charge on any atom is 0.338 e. The molecule has 0 spiro atoms. The van der Waals surface area contributed by atoms with Crippen LogP contribution >= 0.6 is 0 Å². The zero-order valence-corrected chi connectivity index (χ0v) is 60.0. The second kappa shape index (κ2) is 37.9. The highest BCUT2D eigenvalue weighted by Gasteiger charge is 2.60. The number of carbonyl (C=O) groups excluding carboxylic acids is 6. The highest BCUT2D eigenvalue weighted by Crippen LogP contribution is 2.40. The topological polar surface area (TPSA) is 511 Å². The minimum absolute atomic E-state index is 0.00657. The van der Waals surface area contributed by atoms with Gasteiger partial charge in [0.15, 0.2) is 37.7 Å². The lowest BCUT2D eigenvalue weighted by molar-refractivity contribution is -0.403.